The molecule has 4 nitrogen and oxygen atoms in total. The number of ether oxygens (including phenoxy) is 2. The maximum absolute atomic E-state index is 13.8. The molecule has 2 heterocycles. The predicted molar refractivity (Wildman–Crippen MR) is 73.9 cm³/mol. The summed E-state index contributed by atoms with van der Waals surface area (Å²) in [6.45, 7) is 2.25. The number of piperidine rings is 1. The third kappa shape index (κ3) is 2.60. The van der Waals surface area contributed by atoms with Gasteiger partial charge in [0.15, 0.2) is 5.79 Å². The fourth-order valence-corrected chi connectivity index (χ4v) is 3.03. The van der Waals surface area contributed by atoms with Crippen LogP contribution in [0.2, 0.25) is 0 Å². The number of carbonyl (C=O) groups is 1. The fourth-order valence-electron chi connectivity index (χ4n) is 2.67. The van der Waals surface area contributed by atoms with E-state index in [1.54, 1.807) is 11.0 Å². The van der Waals surface area contributed by atoms with Gasteiger partial charge in [0.1, 0.15) is 5.82 Å². The van der Waals surface area contributed by atoms with E-state index in [0.717, 1.165) is 0 Å². The van der Waals surface area contributed by atoms with Gasteiger partial charge >= 0.3 is 0 Å². The molecule has 0 N–H and O–H groups in total. The summed E-state index contributed by atoms with van der Waals surface area (Å²) >= 11 is 3.26. The fraction of sp³-hybridized carbons (Fsp3) is 0.500. The highest BCUT2D eigenvalue weighted by molar-refractivity contribution is 9.10. The van der Waals surface area contributed by atoms with Crippen LogP contribution in [0.3, 0.4) is 0 Å². The Balaban J connectivity index is 1.71. The largest absolute Gasteiger partial charge is 0.347 e. The summed E-state index contributed by atoms with van der Waals surface area (Å²) in [6.07, 6.45) is 1.27. The molecule has 1 aromatic rings. The van der Waals surface area contributed by atoms with Gasteiger partial charge in [0, 0.05) is 30.4 Å². The molecule has 0 aromatic heterocycles. The van der Waals surface area contributed by atoms with Gasteiger partial charge in [-0.3, -0.25) is 4.79 Å². The van der Waals surface area contributed by atoms with Crippen LogP contribution in [0.4, 0.5) is 4.39 Å². The Hall–Kier alpha value is -0.980. The molecule has 0 saturated carbocycles. The average molecular weight is 344 g/mol. The van der Waals surface area contributed by atoms with E-state index in [4.69, 9.17) is 9.47 Å². The summed E-state index contributed by atoms with van der Waals surface area (Å²) in [4.78, 5) is 14.0. The Labute approximate surface area is 125 Å². The number of amides is 1. The number of benzene rings is 1. The number of rotatable bonds is 1. The Bertz CT molecular complexity index is 521. The summed E-state index contributed by atoms with van der Waals surface area (Å²) < 4.78 is 25.7. The molecule has 6 heteroatoms. The third-order valence-electron chi connectivity index (χ3n) is 3.78. The Morgan fingerprint density at radius 1 is 1.25 bits per heavy atom. The first-order valence-corrected chi connectivity index (χ1v) is 7.41. The van der Waals surface area contributed by atoms with Crippen LogP contribution in [0.15, 0.2) is 22.7 Å². The zero-order valence-electron chi connectivity index (χ0n) is 10.9. The Kier molecular flexibility index (Phi) is 3.79. The van der Waals surface area contributed by atoms with Gasteiger partial charge in [-0.05, 0) is 18.2 Å². The average Bonchev–Trinajstić information content (AvgIpc) is 2.90. The van der Waals surface area contributed by atoms with Gasteiger partial charge in [-0.1, -0.05) is 15.9 Å². The van der Waals surface area contributed by atoms with Crippen LogP contribution in [0, 0.1) is 5.82 Å². The summed E-state index contributed by atoms with van der Waals surface area (Å²) in [5.41, 5.74) is 0.101. The first-order valence-electron chi connectivity index (χ1n) is 6.62. The van der Waals surface area contributed by atoms with Gasteiger partial charge in [0.2, 0.25) is 0 Å². The zero-order valence-corrected chi connectivity index (χ0v) is 12.5. The lowest BCUT2D eigenvalue weighted by Gasteiger charge is -2.37. The van der Waals surface area contributed by atoms with Gasteiger partial charge in [0.05, 0.1) is 18.8 Å². The van der Waals surface area contributed by atoms with Crippen LogP contribution in [0.25, 0.3) is 0 Å². The van der Waals surface area contributed by atoms with Crippen molar-refractivity contribution in [1.29, 1.82) is 0 Å². The number of likely N-dealkylation sites (tertiary alicyclic amines) is 1. The van der Waals surface area contributed by atoms with Crippen molar-refractivity contribution < 1.29 is 18.7 Å². The Morgan fingerprint density at radius 2 is 1.90 bits per heavy atom. The molecule has 0 aliphatic carbocycles. The summed E-state index contributed by atoms with van der Waals surface area (Å²) in [5.74, 6) is -1.30. The summed E-state index contributed by atoms with van der Waals surface area (Å²) in [6, 6.07) is 4.40. The molecule has 2 aliphatic heterocycles. The van der Waals surface area contributed by atoms with E-state index in [9.17, 15) is 9.18 Å². The van der Waals surface area contributed by atoms with Crippen molar-refractivity contribution in [2.75, 3.05) is 26.3 Å². The molecule has 1 amide bonds. The van der Waals surface area contributed by atoms with Crippen molar-refractivity contribution in [2.45, 2.75) is 18.6 Å². The van der Waals surface area contributed by atoms with Crippen molar-refractivity contribution in [2.24, 2.45) is 0 Å². The molecule has 0 unspecified atom stereocenters. The molecule has 2 fully saturated rings. The number of hydrogen-bond donors (Lipinski definition) is 0. The minimum Gasteiger partial charge on any atom is -0.347 e. The van der Waals surface area contributed by atoms with Crippen LogP contribution >= 0.6 is 15.9 Å². The highest BCUT2D eigenvalue weighted by Crippen LogP contribution is 2.32. The highest BCUT2D eigenvalue weighted by Gasteiger charge is 2.41. The minimum atomic E-state index is -0.521. The molecule has 3 rings (SSSR count). The second-order valence-electron chi connectivity index (χ2n) is 5.02. The SMILES string of the molecule is O=C(c1cc(Br)ccc1F)N1CCC2(CC1)OCCO2. The standard InChI is InChI=1S/C14H15BrFNO3/c15-10-1-2-12(16)11(9-10)13(18)17-5-3-14(4-6-17)19-7-8-20-14/h1-2,9H,3-8H2. The van der Waals surface area contributed by atoms with Gasteiger partial charge in [-0.25, -0.2) is 4.39 Å². The van der Waals surface area contributed by atoms with E-state index < -0.39 is 11.6 Å². The van der Waals surface area contributed by atoms with Crippen LogP contribution in [-0.4, -0.2) is 42.9 Å². The van der Waals surface area contributed by atoms with E-state index in [1.807, 2.05) is 0 Å². The molecule has 0 bridgehead atoms. The molecule has 2 aliphatic rings. The third-order valence-corrected chi connectivity index (χ3v) is 4.28. The molecular weight excluding hydrogens is 329 g/mol. The number of carbonyl (C=O) groups excluding carboxylic acids is 1. The van der Waals surface area contributed by atoms with E-state index in [-0.39, 0.29) is 11.5 Å². The monoisotopic (exact) mass is 343 g/mol. The summed E-state index contributed by atoms with van der Waals surface area (Å²) in [7, 11) is 0. The van der Waals surface area contributed by atoms with Crippen LogP contribution in [0.1, 0.15) is 23.2 Å². The number of hydrogen-bond acceptors (Lipinski definition) is 3. The molecule has 1 spiro atoms. The van der Waals surface area contributed by atoms with Crippen molar-refractivity contribution in [3.8, 4) is 0 Å². The quantitative estimate of drug-likeness (QED) is 0.786. The maximum Gasteiger partial charge on any atom is 0.256 e. The topological polar surface area (TPSA) is 38.8 Å². The van der Waals surface area contributed by atoms with Gasteiger partial charge < -0.3 is 14.4 Å². The lowest BCUT2D eigenvalue weighted by atomic mass is 10.0. The second kappa shape index (κ2) is 5.42. The van der Waals surface area contributed by atoms with Crippen molar-refractivity contribution in [3.05, 3.63) is 34.1 Å². The zero-order chi connectivity index (χ0) is 14.2. The molecule has 2 saturated heterocycles. The van der Waals surface area contributed by atoms with Gasteiger partial charge in [-0.2, -0.15) is 0 Å². The smallest absolute Gasteiger partial charge is 0.256 e. The number of nitrogens with zero attached hydrogens (tertiary/aromatic N) is 1. The van der Waals surface area contributed by atoms with E-state index >= 15 is 0 Å². The Morgan fingerprint density at radius 3 is 2.55 bits per heavy atom. The van der Waals surface area contributed by atoms with Crippen molar-refractivity contribution >= 4 is 21.8 Å². The highest BCUT2D eigenvalue weighted by atomic mass is 79.9. The summed E-state index contributed by atoms with van der Waals surface area (Å²) in [5, 5.41) is 0. The lowest BCUT2D eigenvalue weighted by Crippen LogP contribution is -2.47. The van der Waals surface area contributed by atoms with Crippen LogP contribution < -0.4 is 0 Å². The first kappa shape index (κ1) is 14.0. The van der Waals surface area contributed by atoms with Crippen molar-refractivity contribution in [3.63, 3.8) is 0 Å². The molecule has 1 aromatic carbocycles. The molecule has 0 radical (unpaired) electrons. The molecular formula is C14H15BrFNO3. The minimum absolute atomic E-state index is 0.101. The van der Waals surface area contributed by atoms with Gasteiger partial charge in [0.25, 0.3) is 5.91 Å². The normalized spacial score (nSPS) is 21.4. The molecule has 0 atom stereocenters. The second-order valence-corrected chi connectivity index (χ2v) is 5.94. The lowest BCUT2D eigenvalue weighted by molar-refractivity contribution is -0.181. The predicted octanol–water partition coefficient (Wildman–Crippen LogP) is 2.57. The maximum atomic E-state index is 13.8. The van der Waals surface area contributed by atoms with E-state index in [2.05, 4.69) is 15.9 Å². The van der Waals surface area contributed by atoms with Crippen LogP contribution in [-0.2, 0) is 9.47 Å². The van der Waals surface area contributed by atoms with Crippen LogP contribution in [0.5, 0.6) is 0 Å². The first-order chi connectivity index (χ1) is 9.60. The molecule has 20 heavy (non-hydrogen) atoms. The van der Waals surface area contributed by atoms with Gasteiger partial charge in [-0.15, -0.1) is 0 Å². The molecule has 108 valence electrons. The van der Waals surface area contributed by atoms with E-state index in [1.165, 1.54) is 12.1 Å². The number of halogens is 2. The van der Waals surface area contributed by atoms with E-state index in [0.29, 0.717) is 43.6 Å². The van der Waals surface area contributed by atoms with Crippen molar-refractivity contribution in [1.82, 2.24) is 4.90 Å².